The summed E-state index contributed by atoms with van der Waals surface area (Å²) >= 11 is 3.40. The third-order valence-electron chi connectivity index (χ3n) is 3.68. The standard InChI is InChI=1S/C18H19BrN2O5/c1-26-16-10-14(22)5-6-15(16)21(18(24)8-7-17(23)20-25)11-12-3-2-4-13(19)9-12/h2-6,9-10,22,25H,7-8,11H2,1H3,(H,20,23). The number of methoxy groups -OCH3 is 1. The number of hydrogen-bond donors (Lipinski definition) is 3. The molecule has 0 fully saturated rings. The maximum Gasteiger partial charge on any atom is 0.243 e. The number of rotatable bonds is 7. The molecule has 0 atom stereocenters. The monoisotopic (exact) mass is 422 g/mol. The average molecular weight is 423 g/mol. The first kappa shape index (κ1) is 19.7. The Morgan fingerprint density at radius 2 is 1.96 bits per heavy atom. The van der Waals surface area contributed by atoms with E-state index in [1.807, 2.05) is 24.3 Å². The Morgan fingerprint density at radius 3 is 2.62 bits per heavy atom. The SMILES string of the molecule is COc1cc(O)ccc1N(Cc1cccc(Br)c1)C(=O)CCC(=O)NO. The summed E-state index contributed by atoms with van der Waals surface area (Å²) in [5.41, 5.74) is 2.85. The molecule has 0 radical (unpaired) electrons. The van der Waals surface area contributed by atoms with Crippen molar-refractivity contribution < 1.29 is 24.6 Å². The fourth-order valence-corrected chi connectivity index (χ4v) is 2.87. The molecule has 2 rings (SSSR count). The van der Waals surface area contributed by atoms with Crippen LogP contribution >= 0.6 is 15.9 Å². The first-order valence-electron chi connectivity index (χ1n) is 7.79. The average Bonchev–Trinajstić information content (AvgIpc) is 2.64. The van der Waals surface area contributed by atoms with Crippen LogP contribution in [0.15, 0.2) is 46.9 Å². The van der Waals surface area contributed by atoms with Crippen LogP contribution in [0.3, 0.4) is 0 Å². The number of hydroxylamine groups is 1. The highest BCUT2D eigenvalue weighted by Crippen LogP contribution is 2.33. The Morgan fingerprint density at radius 1 is 1.19 bits per heavy atom. The number of amides is 2. The van der Waals surface area contributed by atoms with Crippen molar-refractivity contribution in [1.29, 1.82) is 0 Å². The van der Waals surface area contributed by atoms with Crippen molar-refractivity contribution in [2.24, 2.45) is 0 Å². The quantitative estimate of drug-likeness (QED) is 0.470. The lowest BCUT2D eigenvalue weighted by Gasteiger charge is -2.25. The molecule has 2 aromatic rings. The smallest absolute Gasteiger partial charge is 0.243 e. The van der Waals surface area contributed by atoms with Crippen molar-refractivity contribution in [3.63, 3.8) is 0 Å². The van der Waals surface area contributed by atoms with Crippen LogP contribution in [-0.4, -0.2) is 29.2 Å². The minimum atomic E-state index is -0.640. The predicted molar refractivity (Wildman–Crippen MR) is 99.2 cm³/mol. The van der Waals surface area contributed by atoms with Crippen molar-refractivity contribution in [2.45, 2.75) is 19.4 Å². The number of phenolic OH excluding ortho intramolecular Hbond substituents is 1. The molecule has 26 heavy (non-hydrogen) atoms. The first-order valence-corrected chi connectivity index (χ1v) is 8.58. The molecule has 0 aliphatic carbocycles. The molecule has 0 spiro atoms. The fourth-order valence-electron chi connectivity index (χ4n) is 2.43. The van der Waals surface area contributed by atoms with Gasteiger partial charge in [0.15, 0.2) is 0 Å². The molecule has 0 aromatic heterocycles. The molecule has 7 nitrogen and oxygen atoms in total. The number of nitrogens with one attached hydrogen (secondary N) is 1. The van der Waals surface area contributed by atoms with Gasteiger partial charge in [0.25, 0.3) is 0 Å². The largest absolute Gasteiger partial charge is 0.508 e. The van der Waals surface area contributed by atoms with E-state index in [4.69, 9.17) is 9.94 Å². The van der Waals surface area contributed by atoms with Crippen molar-refractivity contribution in [1.82, 2.24) is 5.48 Å². The summed E-state index contributed by atoms with van der Waals surface area (Å²) in [5, 5.41) is 18.3. The molecule has 0 unspecified atom stereocenters. The molecular formula is C18H19BrN2O5. The number of carbonyl (C=O) groups excluding carboxylic acids is 2. The summed E-state index contributed by atoms with van der Waals surface area (Å²) in [6.45, 7) is 0.250. The number of benzene rings is 2. The zero-order chi connectivity index (χ0) is 19.1. The molecule has 2 amide bonds. The lowest BCUT2D eigenvalue weighted by Crippen LogP contribution is -2.32. The van der Waals surface area contributed by atoms with E-state index in [0.29, 0.717) is 11.4 Å². The topological polar surface area (TPSA) is 99.1 Å². The zero-order valence-electron chi connectivity index (χ0n) is 14.1. The van der Waals surface area contributed by atoms with Crippen LogP contribution in [0.5, 0.6) is 11.5 Å². The molecule has 2 aromatic carbocycles. The van der Waals surface area contributed by atoms with Crippen LogP contribution in [0.2, 0.25) is 0 Å². The highest BCUT2D eigenvalue weighted by atomic mass is 79.9. The first-order chi connectivity index (χ1) is 12.4. The van der Waals surface area contributed by atoms with Crippen molar-refractivity contribution in [2.75, 3.05) is 12.0 Å². The molecule has 0 heterocycles. The number of ether oxygens (including phenoxy) is 1. The van der Waals surface area contributed by atoms with Crippen molar-refractivity contribution in [3.05, 3.63) is 52.5 Å². The summed E-state index contributed by atoms with van der Waals surface area (Å²) in [7, 11) is 1.44. The van der Waals surface area contributed by atoms with Gasteiger partial charge in [-0.3, -0.25) is 14.8 Å². The molecule has 0 saturated carbocycles. The second-order valence-electron chi connectivity index (χ2n) is 5.50. The van der Waals surface area contributed by atoms with Crippen molar-refractivity contribution in [3.8, 4) is 11.5 Å². The van der Waals surface area contributed by atoms with Gasteiger partial charge in [-0.25, -0.2) is 5.48 Å². The van der Waals surface area contributed by atoms with E-state index in [2.05, 4.69) is 15.9 Å². The number of halogens is 1. The van der Waals surface area contributed by atoms with E-state index in [1.165, 1.54) is 29.6 Å². The maximum atomic E-state index is 12.7. The minimum absolute atomic E-state index is 0.0140. The summed E-state index contributed by atoms with van der Waals surface area (Å²) in [6, 6.07) is 11.9. The van der Waals surface area contributed by atoms with Crippen LogP contribution in [0, 0.1) is 0 Å². The Hall–Kier alpha value is -2.58. The molecule has 0 saturated heterocycles. The predicted octanol–water partition coefficient (Wildman–Crippen LogP) is 2.98. The van der Waals surface area contributed by atoms with E-state index in [1.54, 1.807) is 6.07 Å². The lowest BCUT2D eigenvalue weighted by atomic mass is 10.1. The normalized spacial score (nSPS) is 10.3. The van der Waals surface area contributed by atoms with Crippen LogP contribution in [0.4, 0.5) is 5.69 Å². The molecule has 3 N–H and O–H groups in total. The Bertz CT molecular complexity index is 797. The summed E-state index contributed by atoms with van der Waals surface area (Å²) < 4.78 is 6.16. The highest BCUT2D eigenvalue weighted by molar-refractivity contribution is 9.10. The number of aromatic hydroxyl groups is 1. The van der Waals surface area contributed by atoms with Gasteiger partial charge >= 0.3 is 0 Å². The molecule has 0 bridgehead atoms. The van der Waals surface area contributed by atoms with E-state index >= 15 is 0 Å². The lowest BCUT2D eigenvalue weighted by molar-refractivity contribution is -0.131. The van der Waals surface area contributed by atoms with Gasteiger partial charge in [0.2, 0.25) is 11.8 Å². The van der Waals surface area contributed by atoms with Crippen LogP contribution < -0.4 is 15.1 Å². The maximum absolute atomic E-state index is 12.7. The number of nitrogens with zero attached hydrogens (tertiary/aromatic N) is 1. The van der Waals surface area contributed by atoms with Gasteiger partial charge in [-0.2, -0.15) is 0 Å². The van der Waals surface area contributed by atoms with Crippen molar-refractivity contribution >= 4 is 33.4 Å². The summed E-state index contributed by atoms with van der Waals surface area (Å²) in [5.74, 6) is -0.615. The highest BCUT2D eigenvalue weighted by Gasteiger charge is 2.21. The van der Waals surface area contributed by atoms with Gasteiger partial charge in [-0.05, 0) is 29.8 Å². The van der Waals surface area contributed by atoms with Crippen LogP contribution in [0.25, 0.3) is 0 Å². The molecule has 0 aliphatic rings. The van der Waals surface area contributed by atoms with Gasteiger partial charge in [0, 0.05) is 23.4 Å². The van der Waals surface area contributed by atoms with Gasteiger partial charge < -0.3 is 14.7 Å². The van der Waals surface area contributed by atoms with Gasteiger partial charge in [-0.15, -0.1) is 0 Å². The third-order valence-corrected chi connectivity index (χ3v) is 4.17. The Balaban J connectivity index is 2.34. The third kappa shape index (κ3) is 5.21. The molecule has 8 heteroatoms. The Kier molecular flexibility index (Phi) is 6.99. The summed E-state index contributed by atoms with van der Waals surface area (Å²) in [6.07, 6.45) is -0.241. The minimum Gasteiger partial charge on any atom is -0.508 e. The second kappa shape index (κ2) is 9.21. The van der Waals surface area contributed by atoms with E-state index < -0.39 is 5.91 Å². The van der Waals surface area contributed by atoms with Gasteiger partial charge in [0.05, 0.1) is 19.3 Å². The number of anilines is 1. The van der Waals surface area contributed by atoms with Gasteiger partial charge in [0.1, 0.15) is 11.5 Å². The molecular weight excluding hydrogens is 404 g/mol. The van der Waals surface area contributed by atoms with Gasteiger partial charge in [-0.1, -0.05) is 28.1 Å². The van der Waals surface area contributed by atoms with E-state index in [9.17, 15) is 14.7 Å². The number of hydrogen-bond acceptors (Lipinski definition) is 5. The number of carbonyl (C=O) groups is 2. The van der Waals surface area contributed by atoms with E-state index in [-0.39, 0.29) is 31.0 Å². The molecule has 0 aliphatic heterocycles. The van der Waals surface area contributed by atoms with Crippen LogP contribution in [-0.2, 0) is 16.1 Å². The fraction of sp³-hybridized carbons (Fsp3) is 0.222. The molecule has 138 valence electrons. The number of phenols is 1. The van der Waals surface area contributed by atoms with E-state index in [0.717, 1.165) is 10.0 Å². The zero-order valence-corrected chi connectivity index (χ0v) is 15.7. The van der Waals surface area contributed by atoms with Crippen LogP contribution in [0.1, 0.15) is 18.4 Å². The summed E-state index contributed by atoms with van der Waals surface area (Å²) in [4.78, 5) is 25.5. The Labute approximate surface area is 159 Å². The second-order valence-corrected chi connectivity index (χ2v) is 6.42.